The first kappa shape index (κ1) is 18.9. The molecule has 32 heavy (non-hydrogen) atoms. The smallest absolute Gasteiger partial charge is 0.274 e. The summed E-state index contributed by atoms with van der Waals surface area (Å²) in [5, 5.41) is 11.4. The maximum Gasteiger partial charge on any atom is 0.274 e. The number of benzene rings is 1. The summed E-state index contributed by atoms with van der Waals surface area (Å²) in [5.41, 5.74) is 4.79. The third-order valence-corrected chi connectivity index (χ3v) is 6.01. The van der Waals surface area contributed by atoms with Crippen molar-refractivity contribution in [2.24, 2.45) is 0 Å². The lowest BCUT2D eigenvalue weighted by Gasteiger charge is -2.12. The second-order valence-corrected chi connectivity index (χ2v) is 8.47. The van der Waals surface area contributed by atoms with Gasteiger partial charge in [-0.05, 0) is 61.6 Å². The van der Waals surface area contributed by atoms with Gasteiger partial charge in [0, 0.05) is 46.9 Å². The Morgan fingerprint density at radius 3 is 2.59 bits per heavy atom. The van der Waals surface area contributed by atoms with E-state index in [1.165, 1.54) is 0 Å². The molecule has 2 saturated carbocycles. The molecule has 6 rings (SSSR count). The van der Waals surface area contributed by atoms with Gasteiger partial charge in [-0.1, -0.05) is 18.2 Å². The average molecular weight is 422 g/mol. The van der Waals surface area contributed by atoms with E-state index in [1.807, 2.05) is 48.5 Å². The molecule has 1 aromatic carbocycles. The molecule has 3 aromatic heterocycles. The number of nitrogens with zero attached hydrogens (tertiary/aromatic N) is 5. The molecular weight excluding hydrogens is 400 g/mol. The largest absolute Gasteiger partial charge is 0.321 e. The molecule has 1 amide bonds. The lowest BCUT2D eigenvalue weighted by atomic mass is 10.0. The Kier molecular flexibility index (Phi) is 4.52. The van der Waals surface area contributed by atoms with E-state index in [2.05, 4.69) is 25.1 Å². The van der Waals surface area contributed by atoms with Gasteiger partial charge in [0.05, 0.1) is 0 Å². The molecular formula is C25H22N6O. The lowest BCUT2D eigenvalue weighted by molar-refractivity contribution is 0.102. The average Bonchev–Trinajstić information content (AvgIpc) is 3.78. The van der Waals surface area contributed by atoms with E-state index in [0.717, 1.165) is 53.9 Å². The van der Waals surface area contributed by atoms with Crippen LogP contribution in [0.5, 0.6) is 0 Å². The number of rotatable bonds is 6. The predicted octanol–water partition coefficient (Wildman–Crippen LogP) is 4.87. The van der Waals surface area contributed by atoms with Crippen molar-refractivity contribution in [3.05, 3.63) is 78.6 Å². The third-order valence-electron chi connectivity index (χ3n) is 6.01. The second-order valence-electron chi connectivity index (χ2n) is 8.47. The van der Waals surface area contributed by atoms with Crippen LogP contribution in [0.3, 0.4) is 0 Å². The first-order chi connectivity index (χ1) is 15.8. The fourth-order valence-electron chi connectivity index (χ4n) is 4.01. The molecule has 0 unspecified atom stereocenters. The Bertz CT molecular complexity index is 1290. The van der Waals surface area contributed by atoms with E-state index >= 15 is 0 Å². The number of hydrogen-bond donors (Lipinski definition) is 1. The van der Waals surface area contributed by atoms with Crippen LogP contribution < -0.4 is 5.32 Å². The minimum absolute atomic E-state index is 0.222. The summed E-state index contributed by atoms with van der Waals surface area (Å²) < 4.78 is 2.11. The summed E-state index contributed by atoms with van der Waals surface area (Å²) in [6.45, 7) is 0. The topological polar surface area (TPSA) is 85.6 Å². The molecule has 0 atom stereocenters. The maximum atomic E-state index is 13.4. The maximum absolute atomic E-state index is 13.4. The van der Waals surface area contributed by atoms with Crippen molar-refractivity contribution in [1.82, 2.24) is 24.7 Å². The van der Waals surface area contributed by atoms with Crippen LogP contribution in [0.25, 0.3) is 22.5 Å². The Morgan fingerprint density at radius 2 is 1.81 bits per heavy atom. The minimum atomic E-state index is -0.222. The van der Waals surface area contributed by atoms with Gasteiger partial charge in [0.15, 0.2) is 5.82 Å². The molecule has 158 valence electrons. The van der Waals surface area contributed by atoms with Gasteiger partial charge in [0.1, 0.15) is 12.0 Å². The number of aromatic nitrogens is 5. The molecule has 0 aliphatic heterocycles. The number of hydrogen-bond acceptors (Lipinski definition) is 5. The van der Waals surface area contributed by atoms with Gasteiger partial charge in [-0.3, -0.25) is 9.78 Å². The van der Waals surface area contributed by atoms with Crippen molar-refractivity contribution in [2.45, 2.75) is 37.6 Å². The van der Waals surface area contributed by atoms with Crippen molar-refractivity contribution >= 4 is 11.6 Å². The van der Waals surface area contributed by atoms with Crippen LogP contribution in [0.15, 0.2) is 67.3 Å². The van der Waals surface area contributed by atoms with E-state index in [9.17, 15) is 4.79 Å². The van der Waals surface area contributed by atoms with Crippen LogP contribution in [-0.2, 0) is 0 Å². The Morgan fingerprint density at radius 1 is 0.969 bits per heavy atom. The summed E-state index contributed by atoms with van der Waals surface area (Å²) in [7, 11) is 0. The molecule has 2 aliphatic rings. The van der Waals surface area contributed by atoms with Gasteiger partial charge in [0.2, 0.25) is 0 Å². The van der Waals surface area contributed by atoms with Crippen LogP contribution in [0.4, 0.5) is 5.69 Å². The number of nitrogens with one attached hydrogen (secondary N) is 1. The molecule has 0 saturated heterocycles. The number of carbonyl (C=O) groups is 1. The highest BCUT2D eigenvalue weighted by Crippen LogP contribution is 2.40. The number of carbonyl (C=O) groups excluding carboxylic acids is 1. The standard InChI is InChI=1S/C25H22N6O/c32-25(23-21(16-10-12-26-13-11-16)8-9-22(29-23)17-4-5-17)28-19-3-1-2-18(14-19)24-30-27-15-31(24)20-6-7-20/h1-3,8-15,17,20H,4-7H2,(H,28,32). The van der Waals surface area contributed by atoms with Crippen LogP contribution in [0.2, 0.25) is 0 Å². The Hall–Kier alpha value is -3.87. The van der Waals surface area contributed by atoms with Gasteiger partial charge in [-0.25, -0.2) is 4.98 Å². The summed E-state index contributed by atoms with van der Waals surface area (Å²) in [5.74, 6) is 1.07. The molecule has 0 bridgehead atoms. The zero-order valence-electron chi connectivity index (χ0n) is 17.5. The highest BCUT2D eigenvalue weighted by atomic mass is 16.1. The van der Waals surface area contributed by atoms with Gasteiger partial charge in [0.25, 0.3) is 5.91 Å². The van der Waals surface area contributed by atoms with Crippen LogP contribution in [0.1, 0.15) is 53.8 Å². The van der Waals surface area contributed by atoms with Crippen molar-refractivity contribution in [3.63, 3.8) is 0 Å². The second kappa shape index (κ2) is 7.67. The normalized spacial score (nSPS) is 15.5. The summed E-state index contributed by atoms with van der Waals surface area (Å²) in [4.78, 5) is 22.2. The van der Waals surface area contributed by atoms with Crippen molar-refractivity contribution < 1.29 is 4.79 Å². The molecule has 3 heterocycles. The van der Waals surface area contributed by atoms with Gasteiger partial charge in [-0.15, -0.1) is 10.2 Å². The van der Waals surface area contributed by atoms with E-state index in [-0.39, 0.29) is 5.91 Å². The molecule has 1 N–H and O–H groups in total. The van der Waals surface area contributed by atoms with E-state index in [1.54, 1.807) is 18.7 Å². The van der Waals surface area contributed by atoms with Crippen LogP contribution in [0, 0.1) is 0 Å². The van der Waals surface area contributed by atoms with Gasteiger partial charge >= 0.3 is 0 Å². The van der Waals surface area contributed by atoms with Crippen molar-refractivity contribution in [2.75, 3.05) is 5.32 Å². The summed E-state index contributed by atoms with van der Waals surface area (Å²) in [6.07, 6.45) is 9.81. The molecule has 0 spiro atoms. The number of amides is 1. The first-order valence-electron chi connectivity index (χ1n) is 11.0. The van der Waals surface area contributed by atoms with Crippen molar-refractivity contribution in [3.8, 4) is 22.5 Å². The highest BCUT2D eigenvalue weighted by molar-refractivity contribution is 6.07. The number of pyridine rings is 2. The zero-order valence-corrected chi connectivity index (χ0v) is 17.5. The molecule has 7 heteroatoms. The van der Waals surface area contributed by atoms with E-state index < -0.39 is 0 Å². The molecule has 7 nitrogen and oxygen atoms in total. The Labute approximate surface area is 185 Å². The van der Waals surface area contributed by atoms with Crippen LogP contribution >= 0.6 is 0 Å². The van der Waals surface area contributed by atoms with E-state index in [0.29, 0.717) is 23.3 Å². The SMILES string of the molecule is O=C(Nc1cccc(-c2nncn2C2CC2)c1)c1nc(C2CC2)ccc1-c1ccncc1. The molecule has 2 fully saturated rings. The summed E-state index contributed by atoms with van der Waals surface area (Å²) in [6, 6.07) is 16.1. The quantitative estimate of drug-likeness (QED) is 0.479. The van der Waals surface area contributed by atoms with Gasteiger partial charge in [-0.2, -0.15) is 0 Å². The van der Waals surface area contributed by atoms with Gasteiger partial charge < -0.3 is 9.88 Å². The summed E-state index contributed by atoms with van der Waals surface area (Å²) >= 11 is 0. The predicted molar refractivity (Wildman–Crippen MR) is 121 cm³/mol. The zero-order chi connectivity index (χ0) is 21.5. The van der Waals surface area contributed by atoms with E-state index in [4.69, 9.17) is 4.98 Å². The monoisotopic (exact) mass is 422 g/mol. The molecule has 2 aliphatic carbocycles. The number of anilines is 1. The lowest BCUT2D eigenvalue weighted by Crippen LogP contribution is -2.16. The molecule has 4 aromatic rings. The van der Waals surface area contributed by atoms with Crippen molar-refractivity contribution in [1.29, 1.82) is 0 Å². The first-order valence-corrected chi connectivity index (χ1v) is 11.0. The minimum Gasteiger partial charge on any atom is -0.321 e. The molecule has 0 radical (unpaired) electrons. The Balaban J connectivity index is 1.33. The fourth-order valence-corrected chi connectivity index (χ4v) is 4.01. The third kappa shape index (κ3) is 3.66. The van der Waals surface area contributed by atoms with Crippen LogP contribution in [-0.4, -0.2) is 30.6 Å². The fraction of sp³-hybridized carbons (Fsp3) is 0.240. The highest BCUT2D eigenvalue weighted by Gasteiger charge is 2.28.